The van der Waals surface area contributed by atoms with Crippen molar-refractivity contribution in [2.45, 2.75) is 56.7 Å². The Bertz CT molecular complexity index is 1260. The summed E-state index contributed by atoms with van der Waals surface area (Å²) in [5.41, 5.74) is -4.96. The van der Waals surface area contributed by atoms with E-state index in [-0.39, 0.29) is 47.6 Å². The molecular formula is C29H32ClF2NO4S. The molecule has 0 spiro atoms. The average molecular weight is 564 g/mol. The SMILES string of the molecule is CSCC(=O)[C@@]12ON(c3ccc(Cl)cc3)C[C@@H]1CC1[C@@H]3C[C@H](F)C4=CC(=O)C=C[C@]4(C)[C@@]3(F)[C@@H](O)C[C@@]12C. The topological polar surface area (TPSA) is 66.8 Å². The molecule has 0 radical (unpaired) electrons. The Morgan fingerprint density at radius 2 is 1.95 bits per heavy atom. The van der Waals surface area contributed by atoms with E-state index in [1.165, 1.54) is 30.0 Å². The lowest BCUT2D eigenvalue weighted by Gasteiger charge is -2.63. The highest BCUT2D eigenvalue weighted by atomic mass is 35.5. The van der Waals surface area contributed by atoms with Crippen LogP contribution in [0.2, 0.25) is 5.02 Å². The van der Waals surface area contributed by atoms with Gasteiger partial charge in [-0.3, -0.25) is 19.5 Å². The summed E-state index contributed by atoms with van der Waals surface area (Å²) in [7, 11) is 0. The number of allylic oxidation sites excluding steroid dienone is 4. The molecule has 5 aliphatic rings. The van der Waals surface area contributed by atoms with E-state index in [4.69, 9.17) is 16.4 Å². The Balaban J connectivity index is 1.44. The fraction of sp³-hybridized carbons (Fsp3) is 0.586. The number of aliphatic hydroxyl groups excluding tert-OH is 1. The van der Waals surface area contributed by atoms with Crippen LogP contribution in [-0.4, -0.2) is 58.8 Å². The normalized spacial score (nSPS) is 45.2. The minimum absolute atomic E-state index is 0.00262. The molecule has 38 heavy (non-hydrogen) atoms. The highest BCUT2D eigenvalue weighted by Crippen LogP contribution is 2.72. The van der Waals surface area contributed by atoms with Gasteiger partial charge in [0.15, 0.2) is 22.8 Å². The lowest BCUT2D eigenvalue weighted by atomic mass is 9.44. The maximum Gasteiger partial charge on any atom is 0.178 e. The number of carbonyl (C=O) groups excluding carboxylic acids is 2. The summed E-state index contributed by atoms with van der Waals surface area (Å²) in [6.45, 7) is 3.94. The predicted molar refractivity (Wildman–Crippen MR) is 144 cm³/mol. The van der Waals surface area contributed by atoms with Crippen LogP contribution in [0, 0.1) is 28.6 Å². The Morgan fingerprint density at radius 1 is 1.24 bits per heavy atom. The second-order valence-corrected chi connectivity index (χ2v) is 13.3. The Hall–Kier alpha value is -1.74. The van der Waals surface area contributed by atoms with Crippen LogP contribution in [0.15, 0.2) is 48.1 Å². The third-order valence-corrected chi connectivity index (χ3v) is 11.2. The molecule has 1 unspecified atom stereocenters. The van der Waals surface area contributed by atoms with E-state index in [0.29, 0.717) is 18.0 Å². The summed E-state index contributed by atoms with van der Waals surface area (Å²) >= 11 is 7.49. The third-order valence-electron chi connectivity index (χ3n) is 10.4. The molecule has 1 aromatic rings. The number of carbonyl (C=O) groups is 2. The van der Waals surface area contributed by atoms with Gasteiger partial charge in [-0.05, 0) is 80.4 Å². The molecule has 6 rings (SSSR count). The molecule has 3 saturated carbocycles. The molecule has 1 aliphatic heterocycles. The first-order chi connectivity index (χ1) is 17.9. The standard InChI is InChI=1S/C29H32ClF2NO4S/c1-26-9-8-19(34)11-22(26)23(31)12-21-20-10-16-14-33(18-6-4-17(30)5-7-18)37-29(16,25(36)15-38-3)27(20,2)13-24(35)28(21,26)32/h4-9,11,16,20-21,23-24,35H,10,12-15H2,1-3H3/t16-,20?,21-,23-,24-,26-,27-,28-,29-/m0/s1. The van der Waals surface area contributed by atoms with Crippen molar-refractivity contribution in [2.75, 3.05) is 23.6 Å². The van der Waals surface area contributed by atoms with Gasteiger partial charge in [0.2, 0.25) is 0 Å². The zero-order valence-electron chi connectivity index (χ0n) is 21.6. The van der Waals surface area contributed by atoms with Crippen molar-refractivity contribution in [3.05, 3.63) is 53.1 Å². The van der Waals surface area contributed by atoms with Gasteiger partial charge in [-0.25, -0.2) is 8.78 Å². The minimum atomic E-state index is -2.18. The molecule has 0 aromatic heterocycles. The van der Waals surface area contributed by atoms with E-state index in [1.54, 1.807) is 24.1 Å². The van der Waals surface area contributed by atoms with Gasteiger partial charge < -0.3 is 5.11 Å². The van der Waals surface area contributed by atoms with E-state index in [9.17, 15) is 14.7 Å². The van der Waals surface area contributed by atoms with Crippen LogP contribution in [0.25, 0.3) is 0 Å². The second kappa shape index (κ2) is 8.63. The van der Waals surface area contributed by atoms with Crippen LogP contribution in [0.5, 0.6) is 0 Å². The number of hydrogen-bond donors (Lipinski definition) is 1. The van der Waals surface area contributed by atoms with Crippen molar-refractivity contribution in [2.24, 2.45) is 28.6 Å². The van der Waals surface area contributed by atoms with E-state index in [2.05, 4.69) is 0 Å². The highest BCUT2D eigenvalue weighted by molar-refractivity contribution is 7.99. The molecule has 1 aromatic carbocycles. The number of aliphatic hydroxyl groups is 1. The van der Waals surface area contributed by atoms with Crippen molar-refractivity contribution in [3.63, 3.8) is 0 Å². The Morgan fingerprint density at radius 3 is 2.63 bits per heavy atom. The maximum atomic E-state index is 17.5. The molecule has 0 amide bonds. The van der Waals surface area contributed by atoms with Crippen molar-refractivity contribution in [1.29, 1.82) is 0 Å². The first kappa shape index (κ1) is 26.5. The van der Waals surface area contributed by atoms with Gasteiger partial charge >= 0.3 is 0 Å². The van der Waals surface area contributed by atoms with Crippen LogP contribution in [0.1, 0.15) is 33.1 Å². The number of benzene rings is 1. The van der Waals surface area contributed by atoms with Crippen molar-refractivity contribution < 1.29 is 28.3 Å². The number of fused-ring (bicyclic) bond motifs is 7. The number of alkyl halides is 2. The van der Waals surface area contributed by atoms with Crippen LogP contribution in [0.4, 0.5) is 14.5 Å². The molecule has 5 nitrogen and oxygen atoms in total. The number of ketones is 2. The van der Waals surface area contributed by atoms with Crippen LogP contribution in [0.3, 0.4) is 0 Å². The number of Topliss-reactive ketones (excluding diaryl/α,β-unsaturated/α-hetero) is 1. The molecule has 1 heterocycles. The molecule has 4 aliphatic carbocycles. The minimum Gasteiger partial charge on any atom is -0.390 e. The highest BCUT2D eigenvalue weighted by Gasteiger charge is 2.79. The number of anilines is 1. The van der Waals surface area contributed by atoms with Gasteiger partial charge in [-0.1, -0.05) is 24.6 Å². The third kappa shape index (κ3) is 3.17. The van der Waals surface area contributed by atoms with Gasteiger partial charge in [-0.2, -0.15) is 11.8 Å². The zero-order chi connectivity index (χ0) is 27.3. The molecule has 9 heteroatoms. The Kier molecular flexibility index (Phi) is 6.01. The molecular weight excluding hydrogens is 532 g/mol. The molecule has 1 saturated heterocycles. The van der Waals surface area contributed by atoms with Gasteiger partial charge in [0.1, 0.15) is 6.17 Å². The summed E-state index contributed by atoms with van der Waals surface area (Å²) in [6.07, 6.45) is 3.12. The number of hydrogen-bond acceptors (Lipinski definition) is 6. The molecule has 9 atom stereocenters. The van der Waals surface area contributed by atoms with Crippen LogP contribution < -0.4 is 5.06 Å². The number of thioether (sulfide) groups is 1. The molecule has 0 bridgehead atoms. The first-order valence-corrected chi connectivity index (χ1v) is 14.9. The molecule has 204 valence electrons. The lowest BCUT2D eigenvalue weighted by molar-refractivity contribution is -0.226. The van der Waals surface area contributed by atoms with Crippen LogP contribution in [-0.2, 0) is 14.4 Å². The van der Waals surface area contributed by atoms with Gasteiger partial charge in [-0.15, -0.1) is 0 Å². The number of hydroxylamine groups is 1. The summed E-state index contributed by atoms with van der Waals surface area (Å²) in [4.78, 5) is 32.7. The Labute approximate surface area is 230 Å². The van der Waals surface area contributed by atoms with E-state index in [0.717, 1.165) is 5.69 Å². The summed E-state index contributed by atoms with van der Waals surface area (Å²) in [5.74, 6) is -1.72. The van der Waals surface area contributed by atoms with Crippen molar-refractivity contribution >= 4 is 40.6 Å². The zero-order valence-corrected chi connectivity index (χ0v) is 23.2. The summed E-state index contributed by atoms with van der Waals surface area (Å²) in [5, 5.41) is 14.0. The van der Waals surface area contributed by atoms with Crippen molar-refractivity contribution in [3.8, 4) is 0 Å². The largest absolute Gasteiger partial charge is 0.390 e. The van der Waals surface area contributed by atoms with E-state index >= 15 is 8.78 Å². The summed E-state index contributed by atoms with van der Waals surface area (Å²) < 4.78 is 33.2. The molecule has 4 fully saturated rings. The van der Waals surface area contributed by atoms with Gasteiger partial charge in [0.05, 0.1) is 24.1 Å². The number of nitrogens with zero attached hydrogens (tertiary/aromatic N) is 1. The fourth-order valence-corrected chi connectivity index (χ4v) is 9.35. The van der Waals surface area contributed by atoms with Crippen LogP contribution >= 0.6 is 23.4 Å². The fourth-order valence-electron chi connectivity index (χ4n) is 8.75. The lowest BCUT2D eigenvalue weighted by Crippen LogP contribution is -2.70. The first-order valence-electron chi connectivity index (χ1n) is 13.1. The van der Waals surface area contributed by atoms with Gasteiger partial charge in [0.25, 0.3) is 0 Å². The average Bonchev–Trinajstić information content (AvgIpc) is 3.37. The second-order valence-electron chi connectivity index (χ2n) is 12.0. The summed E-state index contributed by atoms with van der Waals surface area (Å²) in [6, 6.07) is 7.18. The predicted octanol–water partition coefficient (Wildman–Crippen LogP) is 5.31. The molecule has 1 N–H and O–H groups in total. The van der Waals surface area contributed by atoms with Gasteiger partial charge in [0, 0.05) is 27.7 Å². The van der Waals surface area contributed by atoms with Crippen molar-refractivity contribution in [1.82, 2.24) is 0 Å². The number of rotatable bonds is 4. The van der Waals surface area contributed by atoms with E-state index < -0.39 is 40.3 Å². The van der Waals surface area contributed by atoms with E-state index in [1.807, 2.05) is 25.3 Å². The quantitative estimate of drug-likeness (QED) is 0.536. The smallest absolute Gasteiger partial charge is 0.178 e. The number of halogens is 3. The monoisotopic (exact) mass is 563 g/mol. The maximum absolute atomic E-state index is 17.5.